The Morgan fingerprint density at radius 2 is 1.80 bits per heavy atom. The SMILES string of the molecule is Cc1cc2c(cc1C)NC(c1cccc(Br)c1)C1=C(CCCC1=O)N2. The van der Waals surface area contributed by atoms with E-state index in [2.05, 4.69) is 64.7 Å². The molecule has 0 radical (unpaired) electrons. The summed E-state index contributed by atoms with van der Waals surface area (Å²) in [7, 11) is 0. The molecular formula is C21H21BrN2O. The highest BCUT2D eigenvalue weighted by Gasteiger charge is 2.32. The smallest absolute Gasteiger partial charge is 0.163 e. The first-order valence-electron chi connectivity index (χ1n) is 8.69. The molecule has 1 aliphatic heterocycles. The maximum atomic E-state index is 12.8. The van der Waals surface area contributed by atoms with E-state index in [1.165, 1.54) is 11.1 Å². The van der Waals surface area contributed by atoms with Crippen molar-refractivity contribution in [3.05, 3.63) is 68.8 Å². The summed E-state index contributed by atoms with van der Waals surface area (Å²) >= 11 is 3.56. The summed E-state index contributed by atoms with van der Waals surface area (Å²) < 4.78 is 1.02. The highest BCUT2D eigenvalue weighted by molar-refractivity contribution is 9.10. The van der Waals surface area contributed by atoms with Gasteiger partial charge in [-0.3, -0.25) is 4.79 Å². The van der Waals surface area contributed by atoms with Gasteiger partial charge in [0.2, 0.25) is 0 Å². The number of allylic oxidation sites excluding steroid dienone is 1. The first kappa shape index (κ1) is 16.4. The van der Waals surface area contributed by atoms with E-state index in [-0.39, 0.29) is 11.8 Å². The summed E-state index contributed by atoms with van der Waals surface area (Å²) in [5.41, 5.74) is 7.65. The molecule has 0 saturated carbocycles. The lowest BCUT2D eigenvalue weighted by Crippen LogP contribution is -2.23. The highest BCUT2D eigenvalue weighted by Crippen LogP contribution is 2.41. The van der Waals surface area contributed by atoms with Gasteiger partial charge in [0.15, 0.2) is 5.78 Å². The van der Waals surface area contributed by atoms with E-state index in [9.17, 15) is 4.79 Å². The van der Waals surface area contributed by atoms with Gasteiger partial charge in [0.05, 0.1) is 17.4 Å². The van der Waals surface area contributed by atoms with E-state index in [1.807, 2.05) is 12.1 Å². The second kappa shape index (κ2) is 6.34. The molecule has 1 atom stereocenters. The predicted octanol–water partition coefficient (Wildman–Crippen LogP) is 5.65. The van der Waals surface area contributed by atoms with Crippen LogP contribution >= 0.6 is 15.9 Å². The Morgan fingerprint density at radius 1 is 1.04 bits per heavy atom. The van der Waals surface area contributed by atoms with E-state index >= 15 is 0 Å². The molecule has 0 saturated heterocycles. The van der Waals surface area contributed by atoms with Crippen LogP contribution < -0.4 is 10.6 Å². The van der Waals surface area contributed by atoms with E-state index in [0.29, 0.717) is 6.42 Å². The molecule has 4 rings (SSSR count). The topological polar surface area (TPSA) is 41.1 Å². The molecular weight excluding hydrogens is 376 g/mol. The highest BCUT2D eigenvalue weighted by atomic mass is 79.9. The zero-order valence-electron chi connectivity index (χ0n) is 14.4. The largest absolute Gasteiger partial charge is 0.372 e. The lowest BCUT2D eigenvalue weighted by atomic mass is 9.87. The van der Waals surface area contributed by atoms with Gasteiger partial charge in [-0.05, 0) is 67.6 Å². The first-order valence-corrected chi connectivity index (χ1v) is 9.49. The van der Waals surface area contributed by atoms with Crippen LogP contribution in [0, 0.1) is 13.8 Å². The third-order valence-corrected chi connectivity index (χ3v) is 5.64. The molecule has 0 amide bonds. The summed E-state index contributed by atoms with van der Waals surface area (Å²) in [4.78, 5) is 12.8. The van der Waals surface area contributed by atoms with Crippen molar-refractivity contribution in [2.24, 2.45) is 0 Å². The van der Waals surface area contributed by atoms with Gasteiger partial charge in [-0.15, -0.1) is 0 Å². The van der Waals surface area contributed by atoms with Gasteiger partial charge >= 0.3 is 0 Å². The minimum atomic E-state index is -0.129. The third kappa shape index (κ3) is 2.99. The van der Waals surface area contributed by atoms with Gasteiger partial charge in [0.1, 0.15) is 0 Å². The van der Waals surface area contributed by atoms with Gasteiger partial charge in [-0.2, -0.15) is 0 Å². The molecule has 2 aliphatic rings. The number of benzene rings is 2. The van der Waals surface area contributed by atoms with Crippen LogP contribution in [0.25, 0.3) is 0 Å². The fourth-order valence-electron chi connectivity index (χ4n) is 3.69. The summed E-state index contributed by atoms with van der Waals surface area (Å²) in [5, 5.41) is 7.20. The fraction of sp³-hybridized carbons (Fsp3) is 0.286. The van der Waals surface area contributed by atoms with Gasteiger partial charge in [0, 0.05) is 22.2 Å². The number of carbonyl (C=O) groups excluding carboxylic acids is 1. The number of halogens is 1. The number of hydrogen-bond acceptors (Lipinski definition) is 3. The predicted molar refractivity (Wildman–Crippen MR) is 106 cm³/mol. The summed E-state index contributed by atoms with van der Waals surface area (Å²) in [6.45, 7) is 4.24. The number of hydrogen-bond donors (Lipinski definition) is 2. The quantitative estimate of drug-likeness (QED) is 0.653. The number of fused-ring (bicyclic) bond motifs is 1. The monoisotopic (exact) mass is 396 g/mol. The van der Waals surface area contributed by atoms with Crippen LogP contribution in [-0.2, 0) is 4.79 Å². The van der Waals surface area contributed by atoms with Crippen LogP contribution in [0.3, 0.4) is 0 Å². The zero-order chi connectivity index (χ0) is 17.6. The van der Waals surface area contributed by atoms with Crippen LogP contribution in [0.15, 0.2) is 52.1 Å². The fourth-order valence-corrected chi connectivity index (χ4v) is 4.11. The number of ketones is 1. The Morgan fingerprint density at radius 3 is 2.56 bits per heavy atom. The number of nitrogens with one attached hydrogen (secondary N) is 2. The second-order valence-corrected chi connectivity index (χ2v) is 7.82. The van der Waals surface area contributed by atoms with E-state index < -0.39 is 0 Å². The molecule has 1 unspecified atom stereocenters. The molecule has 2 aromatic rings. The molecule has 128 valence electrons. The molecule has 4 heteroatoms. The molecule has 0 fully saturated rings. The van der Waals surface area contributed by atoms with Crippen molar-refractivity contribution >= 4 is 33.1 Å². The van der Waals surface area contributed by atoms with Gasteiger partial charge in [-0.25, -0.2) is 0 Å². The van der Waals surface area contributed by atoms with Crippen LogP contribution in [-0.4, -0.2) is 5.78 Å². The van der Waals surface area contributed by atoms with Crippen LogP contribution in [0.4, 0.5) is 11.4 Å². The summed E-state index contributed by atoms with van der Waals surface area (Å²) in [5.74, 6) is 0.243. The molecule has 1 heterocycles. The number of carbonyl (C=O) groups is 1. The average Bonchev–Trinajstić information content (AvgIpc) is 2.73. The van der Waals surface area contributed by atoms with Crippen LogP contribution in [0.5, 0.6) is 0 Å². The molecule has 0 spiro atoms. The number of aryl methyl sites for hydroxylation is 2. The van der Waals surface area contributed by atoms with Crippen molar-refractivity contribution < 1.29 is 4.79 Å². The minimum Gasteiger partial charge on any atom is -0.372 e. The van der Waals surface area contributed by atoms with Crippen molar-refractivity contribution in [3.63, 3.8) is 0 Å². The molecule has 3 nitrogen and oxygen atoms in total. The van der Waals surface area contributed by atoms with E-state index in [4.69, 9.17) is 0 Å². The van der Waals surface area contributed by atoms with E-state index in [0.717, 1.165) is 45.5 Å². The Bertz CT molecular complexity index is 901. The molecule has 25 heavy (non-hydrogen) atoms. The Balaban J connectivity index is 1.90. The Hall–Kier alpha value is -2.07. The van der Waals surface area contributed by atoms with Crippen molar-refractivity contribution in [2.45, 2.75) is 39.2 Å². The molecule has 1 aliphatic carbocycles. The number of anilines is 2. The van der Waals surface area contributed by atoms with Crippen molar-refractivity contribution in [3.8, 4) is 0 Å². The van der Waals surface area contributed by atoms with Crippen LogP contribution in [0.1, 0.15) is 42.0 Å². The summed E-state index contributed by atoms with van der Waals surface area (Å²) in [6.07, 6.45) is 2.46. The molecule has 2 N–H and O–H groups in total. The normalized spacial score (nSPS) is 19.5. The Kier molecular flexibility index (Phi) is 4.16. The molecule has 2 aromatic carbocycles. The first-order chi connectivity index (χ1) is 12.0. The lowest BCUT2D eigenvalue weighted by molar-refractivity contribution is -0.116. The second-order valence-electron chi connectivity index (χ2n) is 6.91. The third-order valence-electron chi connectivity index (χ3n) is 5.15. The molecule has 0 bridgehead atoms. The van der Waals surface area contributed by atoms with Gasteiger partial charge in [0.25, 0.3) is 0 Å². The summed E-state index contributed by atoms with van der Waals surface area (Å²) in [6, 6.07) is 12.4. The molecule has 0 aromatic heterocycles. The minimum absolute atomic E-state index is 0.129. The standard InChI is InChI=1S/C21H21BrN2O/c1-12-9-17-18(10-13(12)2)24-21(14-5-3-6-15(22)11-14)20-16(23-17)7-4-8-19(20)25/h3,5-6,9-11,21,23-24H,4,7-8H2,1-2H3. The number of rotatable bonds is 1. The zero-order valence-corrected chi connectivity index (χ0v) is 16.0. The average molecular weight is 397 g/mol. The van der Waals surface area contributed by atoms with Gasteiger partial charge in [-0.1, -0.05) is 28.1 Å². The van der Waals surface area contributed by atoms with Crippen molar-refractivity contribution in [1.29, 1.82) is 0 Å². The number of Topliss-reactive ketones (excluding diaryl/α,β-unsaturated/α-hetero) is 1. The maximum Gasteiger partial charge on any atom is 0.163 e. The van der Waals surface area contributed by atoms with Crippen LogP contribution in [0.2, 0.25) is 0 Å². The van der Waals surface area contributed by atoms with Gasteiger partial charge < -0.3 is 10.6 Å². The lowest BCUT2D eigenvalue weighted by Gasteiger charge is -2.25. The maximum absolute atomic E-state index is 12.8. The van der Waals surface area contributed by atoms with E-state index in [1.54, 1.807) is 0 Å². The van der Waals surface area contributed by atoms with Crippen molar-refractivity contribution in [2.75, 3.05) is 10.6 Å². The Labute approximate surface area is 156 Å². The van der Waals surface area contributed by atoms with Crippen molar-refractivity contribution in [1.82, 2.24) is 0 Å².